The lowest BCUT2D eigenvalue weighted by Crippen LogP contribution is -2.27. The third kappa shape index (κ3) is 4.25. The standard InChI is InChI=1S/C6H11F3O4S/c1-5(3-12-2)4-13-14(10,11)6(7,8)9/h5H,3-4H2,1-2H3. The normalized spacial score (nSPS) is 15.5. The highest BCUT2D eigenvalue weighted by atomic mass is 32.2. The Morgan fingerprint density at radius 1 is 1.29 bits per heavy atom. The van der Waals surface area contributed by atoms with E-state index in [2.05, 4.69) is 8.92 Å². The van der Waals surface area contributed by atoms with Crippen molar-refractivity contribution in [3.63, 3.8) is 0 Å². The fourth-order valence-electron chi connectivity index (χ4n) is 0.605. The Balaban J connectivity index is 4.14. The summed E-state index contributed by atoms with van der Waals surface area (Å²) in [4.78, 5) is 0. The van der Waals surface area contributed by atoms with Gasteiger partial charge in [-0.3, -0.25) is 4.18 Å². The molecule has 14 heavy (non-hydrogen) atoms. The summed E-state index contributed by atoms with van der Waals surface area (Å²) >= 11 is 0. The van der Waals surface area contributed by atoms with E-state index in [1.807, 2.05) is 0 Å². The summed E-state index contributed by atoms with van der Waals surface area (Å²) in [7, 11) is -4.11. The van der Waals surface area contributed by atoms with E-state index in [9.17, 15) is 21.6 Å². The topological polar surface area (TPSA) is 52.6 Å². The molecule has 0 aromatic heterocycles. The molecular weight excluding hydrogens is 225 g/mol. The summed E-state index contributed by atoms with van der Waals surface area (Å²) in [5, 5.41) is 0. The van der Waals surface area contributed by atoms with Crippen molar-refractivity contribution < 1.29 is 30.5 Å². The minimum Gasteiger partial charge on any atom is -0.384 e. The van der Waals surface area contributed by atoms with Gasteiger partial charge in [-0.15, -0.1) is 0 Å². The van der Waals surface area contributed by atoms with Crippen LogP contribution in [-0.4, -0.2) is 34.2 Å². The van der Waals surface area contributed by atoms with Gasteiger partial charge in [0.2, 0.25) is 0 Å². The van der Waals surface area contributed by atoms with Crippen LogP contribution in [0.15, 0.2) is 0 Å². The first-order chi connectivity index (χ1) is 6.20. The SMILES string of the molecule is COCC(C)COS(=O)(=O)C(F)(F)F. The average Bonchev–Trinajstić information content (AvgIpc) is 1.99. The third-order valence-electron chi connectivity index (χ3n) is 1.24. The van der Waals surface area contributed by atoms with Gasteiger partial charge >= 0.3 is 15.6 Å². The molecule has 0 rings (SSSR count). The number of halogens is 3. The minimum absolute atomic E-state index is 0.132. The summed E-state index contributed by atoms with van der Waals surface area (Å²) in [6.45, 7) is 1.10. The second-order valence-corrected chi connectivity index (χ2v) is 4.35. The van der Waals surface area contributed by atoms with E-state index in [4.69, 9.17) is 0 Å². The van der Waals surface area contributed by atoms with Gasteiger partial charge in [-0.05, 0) is 0 Å². The van der Waals surface area contributed by atoms with E-state index in [0.29, 0.717) is 0 Å². The molecule has 4 nitrogen and oxygen atoms in total. The van der Waals surface area contributed by atoms with Gasteiger partial charge in [-0.2, -0.15) is 21.6 Å². The molecule has 1 unspecified atom stereocenters. The van der Waals surface area contributed by atoms with Gasteiger partial charge in [0, 0.05) is 13.0 Å². The van der Waals surface area contributed by atoms with Crippen LogP contribution in [0, 0.1) is 5.92 Å². The van der Waals surface area contributed by atoms with Crippen LogP contribution in [0.4, 0.5) is 13.2 Å². The number of rotatable bonds is 5. The number of ether oxygens (including phenoxy) is 1. The van der Waals surface area contributed by atoms with Crippen LogP contribution in [0.3, 0.4) is 0 Å². The molecule has 0 bridgehead atoms. The monoisotopic (exact) mass is 236 g/mol. The number of hydrogen-bond acceptors (Lipinski definition) is 4. The van der Waals surface area contributed by atoms with E-state index in [0.717, 1.165) is 0 Å². The van der Waals surface area contributed by atoms with Gasteiger partial charge in [-0.25, -0.2) is 0 Å². The molecule has 0 N–H and O–H groups in total. The van der Waals surface area contributed by atoms with Crippen molar-refractivity contribution in [2.75, 3.05) is 20.3 Å². The molecule has 0 aliphatic rings. The quantitative estimate of drug-likeness (QED) is 0.530. The molecular formula is C6H11F3O4S. The molecule has 0 fully saturated rings. The van der Waals surface area contributed by atoms with E-state index in [-0.39, 0.29) is 6.61 Å². The summed E-state index contributed by atoms with van der Waals surface area (Å²) in [6.07, 6.45) is 0. The molecule has 0 aliphatic heterocycles. The van der Waals surface area contributed by atoms with Crippen LogP contribution in [0.25, 0.3) is 0 Å². The summed E-state index contributed by atoms with van der Waals surface area (Å²) in [6, 6.07) is 0. The third-order valence-corrected chi connectivity index (χ3v) is 2.26. The molecule has 0 spiro atoms. The largest absolute Gasteiger partial charge is 0.523 e. The van der Waals surface area contributed by atoms with Crippen molar-refractivity contribution in [1.29, 1.82) is 0 Å². The fraction of sp³-hybridized carbons (Fsp3) is 1.00. The number of hydrogen-bond donors (Lipinski definition) is 0. The summed E-state index contributed by atoms with van der Waals surface area (Å²) in [5.74, 6) is -0.419. The molecule has 0 amide bonds. The zero-order valence-electron chi connectivity index (χ0n) is 7.67. The van der Waals surface area contributed by atoms with Crippen molar-refractivity contribution >= 4 is 10.1 Å². The predicted octanol–water partition coefficient (Wildman–Crippen LogP) is 1.14. The molecule has 0 aromatic rings. The number of alkyl halides is 3. The van der Waals surface area contributed by atoms with Crippen LogP contribution >= 0.6 is 0 Å². The Labute approximate surface area is 80.1 Å². The lowest BCUT2D eigenvalue weighted by atomic mass is 10.2. The van der Waals surface area contributed by atoms with Crippen LogP contribution in [0.1, 0.15) is 6.92 Å². The van der Waals surface area contributed by atoms with Crippen LogP contribution in [0.5, 0.6) is 0 Å². The molecule has 0 saturated carbocycles. The molecule has 0 saturated heterocycles. The van der Waals surface area contributed by atoms with Gasteiger partial charge < -0.3 is 4.74 Å². The lowest BCUT2D eigenvalue weighted by molar-refractivity contribution is -0.0554. The molecule has 8 heteroatoms. The molecule has 0 radical (unpaired) electrons. The summed E-state index contributed by atoms with van der Waals surface area (Å²) < 4.78 is 64.3. The Morgan fingerprint density at radius 2 is 1.79 bits per heavy atom. The fourth-order valence-corrected chi connectivity index (χ4v) is 1.15. The molecule has 1 atom stereocenters. The Kier molecular flexibility index (Phi) is 4.82. The van der Waals surface area contributed by atoms with Crippen molar-refractivity contribution in [3.05, 3.63) is 0 Å². The van der Waals surface area contributed by atoms with E-state index in [1.165, 1.54) is 14.0 Å². The van der Waals surface area contributed by atoms with E-state index < -0.39 is 28.2 Å². The van der Waals surface area contributed by atoms with Crippen molar-refractivity contribution in [2.45, 2.75) is 12.4 Å². The average molecular weight is 236 g/mol. The highest BCUT2D eigenvalue weighted by Crippen LogP contribution is 2.24. The molecule has 0 aliphatic carbocycles. The lowest BCUT2D eigenvalue weighted by Gasteiger charge is -2.12. The first kappa shape index (κ1) is 13.7. The van der Waals surface area contributed by atoms with E-state index >= 15 is 0 Å². The highest BCUT2D eigenvalue weighted by molar-refractivity contribution is 7.87. The maximum atomic E-state index is 11.7. The van der Waals surface area contributed by atoms with Crippen LogP contribution in [0.2, 0.25) is 0 Å². The second-order valence-electron chi connectivity index (χ2n) is 2.74. The van der Waals surface area contributed by atoms with Gasteiger partial charge in [0.05, 0.1) is 13.2 Å². The Hall–Kier alpha value is -0.340. The zero-order valence-corrected chi connectivity index (χ0v) is 8.48. The maximum Gasteiger partial charge on any atom is 0.523 e. The van der Waals surface area contributed by atoms with Crippen LogP contribution in [-0.2, 0) is 19.0 Å². The van der Waals surface area contributed by atoms with Gasteiger partial charge in [0.1, 0.15) is 0 Å². The first-order valence-electron chi connectivity index (χ1n) is 3.65. The predicted molar refractivity (Wildman–Crippen MR) is 42.0 cm³/mol. The summed E-state index contributed by atoms with van der Waals surface area (Å²) in [5.41, 5.74) is -5.36. The smallest absolute Gasteiger partial charge is 0.384 e. The second kappa shape index (κ2) is 4.94. The van der Waals surface area contributed by atoms with Crippen molar-refractivity contribution in [1.82, 2.24) is 0 Å². The molecule has 0 aromatic carbocycles. The van der Waals surface area contributed by atoms with Crippen molar-refractivity contribution in [3.8, 4) is 0 Å². The van der Waals surface area contributed by atoms with E-state index in [1.54, 1.807) is 0 Å². The minimum atomic E-state index is -5.47. The zero-order chi connectivity index (χ0) is 11.4. The first-order valence-corrected chi connectivity index (χ1v) is 5.06. The Bertz CT molecular complexity index is 259. The Morgan fingerprint density at radius 3 is 2.14 bits per heavy atom. The van der Waals surface area contributed by atoms with Gasteiger partial charge in [0.25, 0.3) is 0 Å². The highest BCUT2D eigenvalue weighted by Gasteiger charge is 2.47. The van der Waals surface area contributed by atoms with Gasteiger partial charge in [-0.1, -0.05) is 6.92 Å². The maximum absolute atomic E-state index is 11.7. The molecule has 0 heterocycles. The van der Waals surface area contributed by atoms with Crippen molar-refractivity contribution in [2.24, 2.45) is 5.92 Å². The number of methoxy groups -OCH3 is 1. The molecule has 86 valence electrons. The van der Waals surface area contributed by atoms with Gasteiger partial charge in [0.15, 0.2) is 0 Å². The van der Waals surface area contributed by atoms with Crippen LogP contribution < -0.4 is 0 Å².